The van der Waals surface area contributed by atoms with Crippen molar-refractivity contribution in [2.45, 2.75) is 13.3 Å². The molecule has 0 fully saturated rings. The molecule has 0 saturated carbocycles. The van der Waals surface area contributed by atoms with Crippen molar-refractivity contribution < 1.29 is 9.53 Å². The fraction of sp³-hybridized carbons (Fsp3) is 0.167. The second kappa shape index (κ2) is 6.32. The summed E-state index contributed by atoms with van der Waals surface area (Å²) in [6.07, 6.45) is 3.76. The van der Waals surface area contributed by atoms with Crippen molar-refractivity contribution >= 4 is 16.8 Å². The molecule has 3 rings (SSSR count). The molecule has 0 saturated heterocycles. The number of pyridine rings is 1. The molecule has 2 heterocycles. The zero-order valence-corrected chi connectivity index (χ0v) is 12.9. The summed E-state index contributed by atoms with van der Waals surface area (Å²) in [4.78, 5) is 20.3. The molecule has 1 aromatic carbocycles. The number of carbonyl (C=O) groups excluding carboxylic acids is 1. The number of hydrogen-bond acceptors (Lipinski definition) is 4. The van der Waals surface area contributed by atoms with Gasteiger partial charge in [0.05, 0.1) is 30.0 Å². The minimum Gasteiger partial charge on any atom is -0.481 e. The van der Waals surface area contributed by atoms with Gasteiger partial charge in [0, 0.05) is 12.5 Å². The minimum atomic E-state index is -0.0935. The summed E-state index contributed by atoms with van der Waals surface area (Å²) >= 11 is 0. The van der Waals surface area contributed by atoms with E-state index >= 15 is 0 Å². The summed E-state index contributed by atoms with van der Waals surface area (Å²) in [6, 6.07) is 9.48. The monoisotopic (exact) mass is 305 g/mol. The summed E-state index contributed by atoms with van der Waals surface area (Å²) in [5, 5.41) is 0. The van der Waals surface area contributed by atoms with Gasteiger partial charge in [0.25, 0.3) is 0 Å². The number of fused-ring (bicyclic) bond motifs is 1. The predicted octanol–water partition coefficient (Wildman–Crippen LogP) is 2.56. The normalized spacial score (nSPS) is 10.2. The van der Waals surface area contributed by atoms with Crippen LogP contribution in [0.15, 0.2) is 42.9 Å². The Morgan fingerprint density at radius 2 is 2.13 bits per heavy atom. The van der Waals surface area contributed by atoms with E-state index in [-0.39, 0.29) is 5.78 Å². The Morgan fingerprint density at radius 1 is 1.26 bits per heavy atom. The van der Waals surface area contributed by atoms with Gasteiger partial charge >= 0.3 is 0 Å². The molecule has 0 unspecified atom stereocenters. The van der Waals surface area contributed by atoms with Crippen molar-refractivity contribution in [3.05, 3.63) is 48.4 Å². The van der Waals surface area contributed by atoms with Crippen molar-refractivity contribution in [2.75, 3.05) is 7.11 Å². The number of Topliss-reactive ketones (excluding diaryl/α,β-unsaturated/α-hetero) is 1. The topological polar surface area (TPSA) is 57.0 Å². The van der Waals surface area contributed by atoms with Gasteiger partial charge in [0.15, 0.2) is 0 Å². The first kappa shape index (κ1) is 14.8. The Morgan fingerprint density at radius 3 is 2.83 bits per heavy atom. The second-order valence-corrected chi connectivity index (χ2v) is 4.97. The number of aromatic nitrogens is 3. The molecule has 2 aromatic heterocycles. The van der Waals surface area contributed by atoms with Gasteiger partial charge in [-0.25, -0.2) is 9.97 Å². The molecule has 5 nitrogen and oxygen atoms in total. The third-order valence-electron chi connectivity index (χ3n) is 3.45. The fourth-order valence-electron chi connectivity index (χ4n) is 2.37. The maximum absolute atomic E-state index is 11.7. The molecule has 23 heavy (non-hydrogen) atoms. The van der Waals surface area contributed by atoms with E-state index in [0.29, 0.717) is 12.3 Å². The van der Waals surface area contributed by atoms with Gasteiger partial charge in [-0.15, -0.1) is 0 Å². The third kappa shape index (κ3) is 3.06. The van der Waals surface area contributed by atoms with Crippen LogP contribution in [-0.2, 0) is 11.2 Å². The molecule has 0 bridgehead atoms. The molecule has 0 amide bonds. The highest BCUT2D eigenvalue weighted by molar-refractivity contribution is 5.97. The van der Waals surface area contributed by atoms with Crippen LogP contribution in [0.4, 0.5) is 0 Å². The Kier molecular flexibility index (Phi) is 4.07. The van der Waals surface area contributed by atoms with Gasteiger partial charge in [0.2, 0.25) is 11.7 Å². The van der Waals surface area contributed by atoms with Crippen LogP contribution < -0.4 is 4.74 Å². The Bertz CT molecular complexity index is 915. The number of rotatable bonds is 4. The number of nitrogens with zero attached hydrogens (tertiary/aromatic N) is 3. The van der Waals surface area contributed by atoms with Gasteiger partial charge in [-0.1, -0.05) is 12.0 Å². The largest absolute Gasteiger partial charge is 0.481 e. The molecule has 0 aliphatic heterocycles. The van der Waals surface area contributed by atoms with E-state index in [2.05, 4.69) is 21.8 Å². The van der Waals surface area contributed by atoms with Crippen LogP contribution in [0.3, 0.4) is 0 Å². The third-order valence-corrected chi connectivity index (χ3v) is 3.45. The first-order valence-corrected chi connectivity index (χ1v) is 7.13. The van der Waals surface area contributed by atoms with E-state index in [1.165, 1.54) is 0 Å². The number of ether oxygens (including phenoxy) is 1. The van der Waals surface area contributed by atoms with E-state index in [1.54, 1.807) is 32.6 Å². The first-order chi connectivity index (χ1) is 11.2. The highest BCUT2D eigenvalue weighted by atomic mass is 16.5. The average molecular weight is 305 g/mol. The lowest BCUT2D eigenvalue weighted by atomic mass is 10.1. The molecule has 5 heteroatoms. The predicted molar refractivity (Wildman–Crippen MR) is 87.6 cm³/mol. The quantitative estimate of drug-likeness (QED) is 0.549. The maximum Gasteiger partial charge on any atom is 0.213 e. The van der Waals surface area contributed by atoms with Gasteiger partial charge in [0.1, 0.15) is 6.33 Å². The summed E-state index contributed by atoms with van der Waals surface area (Å²) in [6.45, 7) is 1.66. The molecule has 0 spiro atoms. The fourth-order valence-corrected chi connectivity index (χ4v) is 2.37. The van der Waals surface area contributed by atoms with Crippen LogP contribution in [0.5, 0.6) is 5.88 Å². The van der Waals surface area contributed by atoms with Crippen molar-refractivity contribution in [1.29, 1.82) is 0 Å². The lowest BCUT2D eigenvalue weighted by molar-refractivity contribution is -0.113. The molecular weight excluding hydrogens is 290 g/mol. The van der Waals surface area contributed by atoms with Crippen LogP contribution in [0.2, 0.25) is 0 Å². The van der Waals surface area contributed by atoms with Gasteiger partial charge in [-0.2, -0.15) is 0 Å². The Hall–Kier alpha value is -3.13. The molecule has 114 valence electrons. The molecule has 0 radical (unpaired) electrons. The lowest BCUT2D eigenvalue weighted by Crippen LogP contribution is -2.00. The van der Waals surface area contributed by atoms with E-state index in [9.17, 15) is 4.79 Å². The van der Waals surface area contributed by atoms with Crippen molar-refractivity contribution in [3.63, 3.8) is 0 Å². The zero-order valence-electron chi connectivity index (χ0n) is 12.9. The van der Waals surface area contributed by atoms with Gasteiger partial charge in [-0.3, -0.25) is 9.36 Å². The van der Waals surface area contributed by atoms with Crippen LogP contribution in [0.1, 0.15) is 12.5 Å². The van der Waals surface area contributed by atoms with E-state index in [4.69, 9.17) is 4.74 Å². The molecule has 0 atom stereocenters. The number of ketones is 1. The number of carbonyl (C=O) groups is 1. The highest BCUT2D eigenvalue weighted by Gasteiger charge is 2.08. The van der Waals surface area contributed by atoms with Crippen molar-refractivity contribution in [2.24, 2.45) is 0 Å². The maximum atomic E-state index is 11.7. The highest BCUT2D eigenvalue weighted by Crippen LogP contribution is 2.20. The van der Waals surface area contributed by atoms with Crippen LogP contribution >= 0.6 is 0 Å². The second-order valence-electron chi connectivity index (χ2n) is 4.97. The van der Waals surface area contributed by atoms with E-state index in [0.717, 1.165) is 22.3 Å². The summed E-state index contributed by atoms with van der Waals surface area (Å²) in [5.74, 6) is 5.65. The Balaban J connectivity index is 2.00. The van der Waals surface area contributed by atoms with E-state index in [1.807, 2.05) is 28.8 Å². The van der Waals surface area contributed by atoms with Crippen LogP contribution in [-0.4, -0.2) is 27.4 Å². The number of hydrogen-bond donors (Lipinski definition) is 0. The minimum absolute atomic E-state index is 0.0935. The smallest absolute Gasteiger partial charge is 0.213 e. The zero-order chi connectivity index (χ0) is 16.2. The molecule has 3 aromatic rings. The lowest BCUT2D eigenvalue weighted by Gasteiger charge is -2.06. The number of methoxy groups -OCH3 is 1. The molecule has 0 N–H and O–H groups in total. The van der Waals surface area contributed by atoms with Crippen LogP contribution in [0.25, 0.3) is 16.7 Å². The summed E-state index contributed by atoms with van der Waals surface area (Å²) in [7, 11) is 1.58. The van der Waals surface area contributed by atoms with Crippen LogP contribution in [0, 0.1) is 11.8 Å². The van der Waals surface area contributed by atoms with Crippen molar-refractivity contribution in [1.82, 2.24) is 14.5 Å². The standard InChI is InChI=1S/C18H15N3O2/c1-3-4-15(22)9-13-5-7-16-17(10-13)21(12-20-16)14-6-8-18(23-2)19-11-14/h5-8,10-12H,9H2,1-2H3. The molecule has 0 aliphatic carbocycles. The summed E-state index contributed by atoms with van der Waals surface area (Å²) in [5.41, 5.74) is 3.57. The first-order valence-electron chi connectivity index (χ1n) is 7.13. The average Bonchev–Trinajstić information content (AvgIpc) is 2.98. The Labute approximate surface area is 133 Å². The van der Waals surface area contributed by atoms with Crippen molar-refractivity contribution in [3.8, 4) is 23.4 Å². The molecule has 0 aliphatic rings. The number of benzene rings is 1. The number of imidazole rings is 1. The summed E-state index contributed by atoms with van der Waals surface area (Å²) < 4.78 is 7.01. The van der Waals surface area contributed by atoms with Gasteiger partial charge in [-0.05, 0) is 36.6 Å². The van der Waals surface area contributed by atoms with E-state index < -0.39 is 0 Å². The SMILES string of the molecule is CC#CC(=O)Cc1ccc2ncn(-c3ccc(OC)nc3)c2c1. The van der Waals surface area contributed by atoms with Gasteiger partial charge < -0.3 is 4.74 Å². The molecular formula is C18H15N3O2.